The van der Waals surface area contributed by atoms with Gasteiger partial charge in [-0.15, -0.1) is 0 Å². The van der Waals surface area contributed by atoms with Gasteiger partial charge in [0.15, 0.2) is 0 Å². The molecule has 154 valence electrons. The van der Waals surface area contributed by atoms with Crippen LogP contribution in [0.15, 0.2) is 64.6 Å². The Kier molecular flexibility index (Phi) is 9.19. The molecule has 0 saturated carbocycles. The molecule has 0 aliphatic rings. The number of aromatic nitrogens is 1. The van der Waals surface area contributed by atoms with E-state index in [-0.39, 0.29) is 13.1 Å². The van der Waals surface area contributed by atoms with Crippen molar-refractivity contribution in [3.05, 3.63) is 82.7 Å². The van der Waals surface area contributed by atoms with E-state index in [4.69, 9.17) is 30.2 Å². The van der Waals surface area contributed by atoms with E-state index in [0.29, 0.717) is 0 Å². The van der Waals surface area contributed by atoms with Crippen molar-refractivity contribution in [3.63, 3.8) is 0 Å². The summed E-state index contributed by atoms with van der Waals surface area (Å²) < 4.78 is 0. The van der Waals surface area contributed by atoms with Crippen LogP contribution in [0, 0.1) is 20.8 Å². The number of hydrogen-bond donors (Lipinski definition) is 1. The van der Waals surface area contributed by atoms with Crippen LogP contribution in [0.3, 0.4) is 0 Å². The third-order valence-electron chi connectivity index (χ3n) is 4.59. The predicted molar refractivity (Wildman–Crippen MR) is 123 cm³/mol. The van der Waals surface area contributed by atoms with Crippen LogP contribution in [0.4, 0.5) is 11.4 Å². The van der Waals surface area contributed by atoms with E-state index in [9.17, 15) is 0 Å². The van der Waals surface area contributed by atoms with Crippen molar-refractivity contribution in [3.8, 4) is 0 Å². The zero-order valence-electron chi connectivity index (χ0n) is 17.2. The predicted octanol–water partition coefficient (Wildman–Crippen LogP) is 7.60. The van der Waals surface area contributed by atoms with Gasteiger partial charge in [0, 0.05) is 0 Å². The molecule has 0 fully saturated rings. The van der Waals surface area contributed by atoms with E-state index < -0.39 is 0 Å². The number of para-hydroxylation sites is 2. The van der Waals surface area contributed by atoms with E-state index in [0.717, 1.165) is 34.2 Å². The number of rotatable bonds is 4. The van der Waals surface area contributed by atoms with Gasteiger partial charge in [-0.1, -0.05) is 36.4 Å². The van der Waals surface area contributed by atoms with Gasteiger partial charge in [0.25, 0.3) is 0 Å². The second kappa shape index (κ2) is 11.4. The van der Waals surface area contributed by atoms with Gasteiger partial charge in [0.2, 0.25) is 0 Å². The number of aromatic amines is 1. The Morgan fingerprint density at radius 2 is 1.21 bits per heavy atom. The summed E-state index contributed by atoms with van der Waals surface area (Å²) in [5, 5.41) is 0. The molecule has 3 aromatic rings. The van der Waals surface area contributed by atoms with Crippen LogP contribution < -0.4 is 0 Å². The minimum absolute atomic E-state index is 0.194. The van der Waals surface area contributed by atoms with Gasteiger partial charge in [-0.3, -0.25) is 9.98 Å². The molecule has 0 unspecified atom stereocenters. The summed E-state index contributed by atoms with van der Waals surface area (Å²) in [5.74, 6) is 0. The number of nitrogens with zero attached hydrogens (tertiary/aromatic N) is 2. The van der Waals surface area contributed by atoms with Gasteiger partial charge in [-0.2, -0.15) is 0 Å². The molecule has 6 heteroatoms. The number of nitrogens with one attached hydrogen (secondary N) is 1. The summed E-state index contributed by atoms with van der Waals surface area (Å²) >= 11 is 0.194. The third kappa shape index (κ3) is 6.58. The normalized spacial score (nSPS) is 12.0. The van der Waals surface area contributed by atoms with Crippen molar-refractivity contribution in [1.82, 2.24) is 4.98 Å². The summed E-state index contributed by atoms with van der Waals surface area (Å²) in [7, 11) is 9.53. The molecule has 0 aliphatic carbocycles. The quantitative estimate of drug-likeness (QED) is 0.302. The van der Waals surface area contributed by atoms with Crippen LogP contribution in [0.5, 0.6) is 0 Å². The molecule has 1 aromatic heterocycles. The monoisotopic (exact) mass is 469 g/mol. The van der Waals surface area contributed by atoms with Crippen LogP contribution in [-0.2, 0) is 13.1 Å². The number of H-pyrrole nitrogens is 1. The summed E-state index contributed by atoms with van der Waals surface area (Å²) in [4.78, 5) is 13.1. The van der Waals surface area contributed by atoms with Crippen LogP contribution in [0.2, 0.25) is 0 Å². The molecule has 1 heterocycles. The Morgan fingerprint density at radius 3 is 1.76 bits per heavy atom. The molecule has 3 rings (SSSR count). The fraction of sp³-hybridized carbons (Fsp3) is 0.217. The zero-order chi connectivity index (χ0) is 21.4. The fourth-order valence-corrected chi connectivity index (χ4v) is 2.96. The molecular formula is C23H25Cl2FeN3. The average molecular weight is 470 g/mol. The molecule has 29 heavy (non-hydrogen) atoms. The van der Waals surface area contributed by atoms with Gasteiger partial charge in [0.05, 0.1) is 34.2 Å². The number of aryl methyl sites for hydroxylation is 3. The molecule has 3 nitrogen and oxygen atoms in total. The van der Waals surface area contributed by atoms with Gasteiger partial charge in [-0.25, -0.2) is 0 Å². The Bertz CT molecular complexity index is 1000. The molecule has 0 aliphatic heterocycles. The summed E-state index contributed by atoms with van der Waals surface area (Å²) in [5.41, 5.74) is 9.56. The number of benzene rings is 2. The molecule has 0 bridgehead atoms. The molecule has 0 amide bonds. The SMILES string of the molecule is CC(=Nc1ccccc1C)c1ccc(C(C)=Nc2c(C)cccc2C)[nH]1.[Cl][Fe][Cl]. The number of aliphatic imine (C=N–C) groups is 2. The first-order valence-corrected chi connectivity index (χ1v) is 12.2. The van der Waals surface area contributed by atoms with Crippen molar-refractivity contribution in [1.29, 1.82) is 0 Å². The molecule has 1 N–H and O–H groups in total. The maximum absolute atomic E-state index is 4.84. The second-order valence-corrected chi connectivity index (χ2v) is 8.58. The van der Waals surface area contributed by atoms with Crippen molar-refractivity contribution < 1.29 is 13.1 Å². The summed E-state index contributed by atoms with van der Waals surface area (Å²) in [6.45, 7) is 10.3. The Labute approximate surface area is 187 Å². The van der Waals surface area contributed by atoms with Gasteiger partial charge < -0.3 is 4.98 Å². The van der Waals surface area contributed by atoms with Gasteiger partial charge >= 0.3 is 33.3 Å². The number of hydrogen-bond acceptors (Lipinski definition) is 2. The first-order chi connectivity index (χ1) is 13.9. The van der Waals surface area contributed by atoms with Crippen molar-refractivity contribution in [2.45, 2.75) is 34.6 Å². The topological polar surface area (TPSA) is 40.5 Å². The molecule has 0 saturated heterocycles. The van der Waals surface area contributed by atoms with Crippen LogP contribution >= 0.6 is 20.2 Å². The van der Waals surface area contributed by atoms with E-state index in [2.05, 4.69) is 62.2 Å². The summed E-state index contributed by atoms with van der Waals surface area (Å²) in [6.07, 6.45) is 0. The van der Waals surface area contributed by atoms with Crippen LogP contribution in [0.1, 0.15) is 41.9 Å². The van der Waals surface area contributed by atoms with Crippen molar-refractivity contribution in [2.24, 2.45) is 9.98 Å². The Morgan fingerprint density at radius 1 is 0.724 bits per heavy atom. The first-order valence-electron chi connectivity index (χ1n) is 9.14. The molecule has 0 spiro atoms. The van der Waals surface area contributed by atoms with Gasteiger partial charge in [0.1, 0.15) is 0 Å². The van der Waals surface area contributed by atoms with Crippen LogP contribution in [0.25, 0.3) is 0 Å². The third-order valence-corrected chi connectivity index (χ3v) is 4.59. The molecule has 0 radical (unpaired) electrons. The van der Waals surface area contributed by atoms with Crippen molar-refractivity contribution in [2.75, 3.05) is 0 Å². The van der Waals surface area contributed by atoms with E-state index in [1.807, 2.05) is 32.0 Å². The van der Waals surface area contributed by atoms with E-state index in [1.54, 1.807) is 0 Å². The molecular weight excluding hydrogens is 445 g/mol. The molecule has 0 atom stereocenters. The fourth-order valence-electron chi connectivity index (χ4n) is 2.96. The zero-order valence-corrected chi connectivity index (χ0v) is 19.8. The second-order valence-electron chi connectivity index (χ2n) is 6.76. The summed E-state index contributed by atoms with van der Waals surface area (Å²) in [6, 6.07) is 18.6. The maximum atomic E-state index is 4.84. The van der Waals surface area contributed by atoms with E-state index >= 15 is 0 Å². The Hall–Kier alpha value is -1.84. The Balaban J connectivity index is 0.000000941. The van der Waals surface area contributed by atoms with Crippen LogP contribution in [-0.4, -0.2) is 16.4 Å². The molecule has 2 aromatic carbocycles. The standard InChI is InChI=1S/C23H25N3.2ClH.Fe/c1-15-9-6-7-12-20(15)24-18(4)21-13-14-22(26-21)19(5)25-23-16(2)10-8-11-17(23)3;;;/h6-14,26H,1-5H3;2*1H;/q;;;+2/p-2. The average Bonchev–Trinajstić information content (AvgIpc) is 3.18. The minimum atomic E-state index is 0.194. The van der Waals surface area contributed by atoms with Gasteiger partial charge in [-0.05, 0) is 69.5 Å². The number of halogens is 2. The van der Waals surface area contributed by atoms with Crippen molar-refractivity contribution >= 4 is 43.0 Å². The first kappa shape index (κ1) is 23.4. The van der Waals surface area contributed by atoms with E-state index in [1.165, 1.54) is 16.7 Å².